The van der Waals surface area contributed by atoms with E-state index in [1.165, 1.54) is 6.20 Å². The molecule has 55 valence electrons. The maximum absolute atomic E-state index is 5.06. The van der Waals surface area contributed by atoms with E-state index in [0.717, 1.165) is 0 Å². The van der Waals surface area contributed by atoms with Crippen LogP contribution in [0, 0.1) is 6.92 Å². The molecular formula is C5H4N5O. The topological polar surface area (TPSA) is 77.7 Å². The minimum Gasteiger partial charge on any atom is -0.420 e. The average Bonchev–Trinajstić information content (AvgIpc) is 2.55. The molecule has 0 unspecified atom stereocenters. The van der Waals surface area contributed by atoms with E-state index in [1.54, 1.807) is 6.92 Å². The predicted molar refractivity (Wildman–Crippen MR) is 34.0 cm³/mol. The molecule has 0 amide bonds. The van der Waals surface area contributed by atoms with Crippen LogP contribution in [-0.2, 0) is 0 Å². The Hall–Kier alpha value is -1.72. The Morgan fingerprint density at radius 1 is 1.36 bits per heavy atom. The zero-order chi connectivity index (χ0) is 7.68. The van der Waals surface area contributed by atoms with Crippen LogP contribution in [0.5, 0.6) is 0 Å². The van der Waals surface area contributed by atoms with Crippen LogP contribution in [-0.4, -0.2) is 10.2 Å². The zero-order valence-electron chi connectivity index (χ0n) is 5.72. The molecule has 2 heterocycles. The maximum Gasteiger partial charge on any atom is 0.269 e. The summed E-state index contributed by atoms with van der Waals surface area (Å²) in [6.07, 6.45) is 1.47. The van der Waals surface area contributed by atoms with Crippen LogP contribution in [0.3, 0.4) is 0 Å². The van der Waals surface area contributed by atoms with Crippen molar-refractivity contribution in [2.75, 3.05) is 0 Å². The van der Waals surface area contributed by atoms with E-state index in [1.807, 2.05) is 0 Å². The summed E-state index contributed by atoms with van der Waals surface area (Å²) < 4.78 is 5.06. The van der Waals surface area contributed by atoms with Crippen molar-refractivity contribution >= 4 is 5.70 Å². The molecule has 0 aliphatic carbocycles. The zero-order valence-corrected chi connectivity index (χ0v) is 5.72. The molecule has 1 radical (unpaired) electrons. The molecule has 1 aliphatic heterocycles. The van der Waals surface area contributed by atoms with Gasteiger partial charge in [0.1, 0.15) is 0 Å². The Bertz CT molecular complexity index is 325. The summed E-state index contributed by atoms with van der Waals surface area (Å²) in [6.45, 7) is 1.71. The summed E-state index contributed by atoms with van der Waals surface area (Å²) in [5.41, 5.74) is 4.02. The molecule has 0 aromatic carbocycles. The van der Waals surface area contributed by atoms with Crippen LogP contribution in [0.15, 0.2) is 21.0 Å². The van der Waals surface area contributed by atoms with Crippen LogP contribution in [0.2, 0.25) is 0 Å². The van der Waals surface area contributed by atoms with E-state index in [0.29, 0.717) is 17.5 Å². The summed E-state index contributed by atoms with van der Waals surface area (Å²) in [7, 11) is 0. The molecule has 0 fully saturated rings. The lowest BCUT2D eigenvalue weighted by Crippen LogP contribution is -1.79. The number of hydrogen-bond acceptors (Lipinski definition) is 5. The van der Waals surface area contributed by atoms with Gasteiger partial charge in [-0.1, -0.05) is 0 Å². The normalized spacial score (nSPS) is 14.8. The van der Waals surface area contributed by atoms with Crippen LogP contribution in [0.25, 0.3) is 5.70 Å². The van der Waals surface area contributed by atoms with Crippen molar-refractivity contribution in [3.63, 3.8) is 0 Å². The highest BCUT2D eigenvalue weighted by Crippen LogP contribution is 2.16. The molecule has 0 N–H and O–H groups in total. The minimum atomic E-state index is 0.354. The Kier molecular flexibility index (Phi) is 1.18. The molecule has 0 spiro atoms. The standard InChI is InChI=1S/C5H4N5O/c1-3-7-9-5(11-3)4-2-6-10-8-4/h2H,1H3. The van der Waals surface area contributed by atoms with Gasteiger partial charge in [0, 0.05) is 6.92 Å². The first kappa shape index (κ1) is 6.02. The number of hydrogen-bond donors (Lipinski definition) is 0. The highest BCUT2D eigenvalue weighted by molar-refractivity contribution is 5.56. The lowest BCUT2D eigenvalue weighted by atomic mass is 10.5. The number of nitrogens with zero attached hydrogens (tertiary/aromatic N) is 5. The first-order valence-corrected chi connectivity index (χ1v) is 2.98. The number of aryl methyl sites for hydroxylation is 1. The SMILES string of the molecule is Cc1nnc(C2=C[N]N=N2)o1. The van der Waals surface area contributed by atoms with E-state index < -0.39 is 0 Å². The van der Waals surface area contributed by atoms with Gasteiger partial charge in [-0.05, 0) is 5.22 Å². The molecular weight excluding hydrogens is 146 g/mol. The fourth-order valence-electron chi connectivity index (χ4n) is 0.678. The Morgan fingerprint density at radius 2 is 2.27 bits per heavy atom. The van der Waals surface area contributed by atoms with Crippen LogP contribution in [0.4, 0.5) is 0 Å². The van der Waals surface area contributed by atoms with Gasteiger partial charge in [0.2, 0.25) is 5.89 Å². The molecule has 11 heavy (non-hydrogen) atoms. The highest BCUT2D eigenvalue weighted by atomic mass is 16.4. The Morgan fingerprint density at radius 3 is 2.82 bits per heavy atom. The largest absolute Gasteiger partial charge is 0.420 e. The lowest BCUT2D eigenvalue weighted by Gasteiger charge is -1.82. The first-order chi connectivity index (χ1) is 5.36. The summed E-state index contributed by atoms with van der Waals surface area (Å²) in [6, 6.07) is 0. The molecule has 1 aliphatic rings. The predicted octanol–water partition coefficient (Wildman–Crippen LogP) is 0.662. The van der Waals surface area contributed by atoms with Gasteiger partial charge >= 0.3 is 0 Å². The Labute approximate surface area is 62.0 Å². The van der Waals surface area contributed by atoms with Crippen LogP contribution < -0.4 is 5.43 Å². The molecule has 6 nitrogen and oxygen atoms in total. The molecule has 0 saturated heterocycles. The highest BCUT2D eigenvalue weighted by Gasteiger charge is 2.11. The first-order valence-electron chi connectivity index (χ1n) is 2.98. The summed E-state index contributed by atoms with van der Waals surface area (Å²) >= 11 is 0. The fourth-order valence-corrected chi connectivity index (χ4v) is 0.678. The second kappa shape index (κ2) is 2.15. The van der Waals surface area contributed by atoms with Crippen molar-refractivity contribution in [1.82, 2.24) is 15.6 Å². The quantitative estimate of drug-likeness (QED) is 0.589. The lowest BCUT2D eigenvalue weighted by molar-refractivity contribution is 0.505. The molecule has 6 heteroatoms. The smallest absolute Gasteiger partial charge is 0.269 e. The Balaban J connectivity index is 2.36. The molecule has 0 saturated carbocycles. The van der Waals surface area contributed by atoms with E-state index in [9.17, 15) is 0 Å². The number of rotatable bonds is 1. The number of aromatic nitrogens is 2. The van der Waals surface area contributed by atoms with Crippen molar-refractivity contribution in [1.29, 1.82) is 0 Å². The van der Waals surface area contributed by atoms with E-state index >= 15 is 0 Å². The van der Waals surface area contributed by atoms with E-state index in [2.05, 4.69) is 26.0 Å². The van der Waals surface area contributed by atoms with Gasteiger partial charge in [-0.3, -0.25) is 0 Å². The molecule has 1 aromatic rings. The third-order valence-corrected chi connectivity index (χ3v) is 1.13. The van der Waals surface area contributed by atoms with E-state index in [4.69, 9.17) is 4.42 Å². The van der Waals surface area contributed by atoms with Gasteiger partial charge in [0.05, 0.1) is 6.20 Å². The summed E-state index contributed by atoms with van der Waals surface area (Å²) in [5.74, 6) is 0.857. The second-order valence-electron chi connectivity index (χ2n) is 1.95. The molecule has 1 aromatic heterocycles. The fraction of sp³-hybridized carbons (Fsp3) is 0.200. The van der Waals surface area contributed by atoms with Gasteiger partial charge in [-0.2, -0.15) is 0 Å². The van der Waals surface area contributed by atoms with E-state index in [-0.39, 0.29) is 0 Å². The van der Waals surface area contributed by atoms with Crippen molar-refractivity contribution in [3.05, 3.63) is 18.0 Å². The third-order valence-electron chi connectivity index (χ3n) is 1.13. The monoisotopic (exact) mass is 150 g/mol. The van der Waals surface area contributed by atoms with Gasteiger partial charge in [0.25, 0.3) is 5.89 Å². The third kappa shape index (κ3) is 0.977. The molecule has 0 atom stereocenters. The maximum atomic E-state index is 5.06. The van der Waals surface area contributed by atoms with Gasteiger partial charge in [-0.15, -0.1) is 20.7 Å². The minimum absolute atomic E-state index is 0.354. The van der Waals surface area contributed by atoms with Crippen molar-refractivity contribution in [3.8, 4) is 0 Å². The van der Waals surface area contributed by atoms with Crippen LogP contribution in [0.1, 0.15) is 11.8 Å². The van der Waals surface area contributed by atoms with Gasteiger partial charge < -0.3 is 4.42 Å². The molecule has 0 bridgehead atoms. The van der Waals surface area contributed by atoms with Gasteiger partial charge in [-0.25, -0.2) is 0 Å². The summed E-state index contributed by atoms with van der Waals surface area (Å²) in [5, 5.41) is 14.4. The van der Waals surface area contributed by atoms with Crippen molar-refractivity contribution in [2.24, 2.45) is 10.3 Å². The summed E-state index contributed by atoms with van der Waals surface area (Å²) in [4.78, 5) is 0. The average molecular weight is 150 g/mol. The van der Waals surface area contributed by atoms with Crippen LogP contribution >= 0.6 is 0 Å². The van der Waals surface area contributed by atoms with Gasteiger partial charge in [0.15, 0.2) is 5.70 Å². The second-order valence-corrected chi connectivity index (χ2v) is 1.95. The van der Waals surface area contributed by atoms with Crippen molar-refractivity contribution in [2.45, 2.75) is 6.92 Å². The molecule has 2 rings (SSSR count). The van der Waals surface area contributed by atoms with Crippen molar-refractivity contribution < 1.29 is 4.42 Å².